The molecule has 3 fully saturated rings. The Morgan fingerprint density at radius 1 is 0.962 bits per heavy atom. The van der Waals surface area contributed by atoms with Crippen LogP contribution in [0.3, 0.4) is 0 Å². The van der Waals surface area contributed by atoms with Crippen molar-refractivity contribution in [2.75, 3.05) is 24.5 Å². The molecule has 3 nitrogen and oxygen atoms in total. The molecule has 0 radical (unpaired) electrons. The van der Waals surface area contributed by atoms with Crippen molar-refractivity contribution in [1.29, 1.82) is 0 Å². The summed E-state index contributed by atoms with van der Waals surface area (Å²) in [6.45, 7) is 3.72. The Labute approximate surface area is 161 Å². The van der Waals surface area contributed by atoms with E-state index in [0.29, 0.717) is 6.04 Å². The van der Waals surface area contributed by atoms with Crippen molar-refractivity contribution in [3.63, 3.8) is 0 Å². The maximum Gasteiger partial charge on any atom is 0.0457 e. The second-order valence-corrected chi connectivity index (χ2v) is 9.57. The molecule has 1 aromatic heterocycles. The molecule has 2 unspecified atom stereocenters. The van der Waals surface area contributed by atoms with Gasteiger partial charge < -0.3 is 10.6 Å². The number of nitrogens with two attached hydrogens (primary N) is 1. The van der Waals surface area contributed by atoms with E-state index >= 15 is 0 Å². The molecule has 2 N–H and O–H groups in total. The molecule has 1 aromatic carbocycles. The minimum absolute atomic E-state index is 0.477. The lowest BCUT2D eigenvalue weighted by atomic mass is 9.80. The van der Waals surface area contributed by atoms with Crippen LogP contribution in [0.1, 0.15) is 44.9 Å². The molecule has 0 amide bonds. The Kier molecular flexibility index (Phi) is 4.68. The number of hydrogen-bond acceptors (Lipinski definition) is 4. The second-order valence-electron chi connectivity index (χ2n) is 8.62. The van der Waals surface area contributed by atoms with Crippen molar-refractivity contribution >= 4 is 27.1 Å². The lowest BCUT2D eigenvalue weighted by molar-refractivity contribution is 0.0652. The Hall–Kier alpha value is -1.10. The van der Waals surface area contributed by atoms with Crippen molar-refractivity contribution in [3.05, 3.63) is 29.6 Å². The summed E-state index contributed by atoms with van der Waals surface area (Å²) in [5.41, 5.74) is 7.54. The van der Waals surface area contributed by atoms with Gasteiger partial charge in [-0.1, -0.05) is 6.07 Å². The van der Waals surface area contributed by atoms with Gasteiger partial charge in [-0.25, -0.2) is 0 Å². The highest BCUT2D eigenvalue weighted by atomic mass is 32.1. The molecule has 0 bridgehead atoms. The predicted molar refractivity (Wildman–Crippen MR) is 112 cm³/mol. The van der Waals surface area contributed by atoms with Gasteiger partial charge in [-0.2, -0.15) is 0 Å². The van der Waals surface area contributed by atoms with Gasteiger partial charge in [0.05, 0.1) is 0 Å². The van der Waals surface area contributed by atoms with Crippen LogP contribution in [0.5, 0.6) is 0 Å². The van der Waals surface area contributed by atoms with Gasteiger partial charge in [0.2, 0.25) is 0 Å². The monoisotopic (exact) mass is 369 g/mol. The van der Waals surface area contributed by atoms with Gasteiger partial charge >= 0.3 is 0 Å². The molecular weight excluding hydrogens is 338 g/mol. The largest absolute Gasteiger partial charge is 0.365 e. The zero-order valence-electron chi connectivity index (χ0n) is 15.6. The molecule has 1 aliphatic heterocycles. The van der Waals surface area contributed by atoms with Crippen LogP contribution in [0.2, 0.25) is 0 Å². The summed E-state index contributed by atoms with van der Waals surface area (Å²) in [5.74, 6) is 0.922. The number of nitrogens with zero attached hydrogens (tertiary/aromatic N) is 2. The molecule has 3 aliphatic rings. The van der Waals surface area contributed by atoms with Crippen LogP contribution < -0.4 is 10.6 Å². The quantitative estimate of drug-likeness (QED) is 0.863. The number of piperazine rings is 1. The third kappa shape index (κ3) is 3.06. The minimum Gasteiger partial charge on any atom is -0.365 e. The third-order valence-electron chi connectivity index (χ3n) is 7.20. The standard InChI is InChI=1S/C22H31N3S/c23-17-6-4-16(5-7-17)10-12-24-13-14-25(21-9-8-20(21)24)19-2-1-3-22-18(19)11-15-26-22/h1-3,11,15-17,20-21H,4-10,12-14,23H2/t16-,17-,20?,21?. The summed E-state index contributed by atoms with van der Waals surface area (Å²) < 4.78 is 1.43. The highest BCUT2D eigenvalue weighted by molar-refractivity contribution is 7.17. The zero-order valence-corrected chi connectivity index (χ0v) is 16.5. The number of anilines is 1. The lowest BCUT2D eigenvalue weighted by Gasteiger charge is -2.55. The first-order valence-corrected chi connectivity index (χ1v) is 11.4. The normalized spacial score (nSPS) is 32.4. The van der Waals surface area contributed by atoms with Gasteiger partial charge in [-0.05, 0) is 81.0 Å². The fraction of sp³-hybridized carbons (Fsp3) is 0.636. The molecule has 2 atom stereocenters. The Morgan fingerprint density at radius 2 is 1.81 bits per heavy atom. The fourth-order valence-corrected chi connectivity index (χ4v) is 6.26. The van der Waals surface area contributed by atoms with Crippen LogP contribution in [0, 0.1) is 5.92 Å². The number of benzene rings is 1. The molecule has 140 valence electrons. The van der Waals surface area contributed by atoms with E-state index in [1.54, 1.807) is 0 Å². The topological polar surface area (TPSA) is 32.5 Å². The molecular formula is C22H31N3S. The molecule has 5 rings (SSSR count). The maximum absolute atomic E-state index is 6.07. The first-order valence-electron chi connectivity index (χ1n) is 10.5. The van der Waals surface area contributed by atoms with E-state index in [2.05, 4.69) is 39.4 Å². The summed E-state index contributed by atoms with van der Waals surface area (Å²) in [6.07, 6.45) is 9.33. The second kappa shape index (κ2) is 7.14. The van der Waals surface area contributed by atoms with Crippen molar-refractivity contribution in [2.45, 2.75) is 63.1 Å². The lowest BCUT2D eigenvalue weighted by Crippen LogP contribution is -2.65. The molecule has 4 heteroatoms. The van der Waals surface area contributed by atoms with Crippen LogP contribution >= 0.6 is 11.3 Å². The minimum atomic E-state index is 0.477. The molecule has 2 aromatic rings. The molecule has 0 spiro atoms. The predicted octanol–water partition coefficient (Wildman–Crippen LogP) is 4.46. The van der Waals surface area contributed by atoms with E-state index in [1.807, 2.05) is 11.3 Å². The molecule has 26 heavy (non-hydrogen) atoms. The Balaban J connectivity index is 1.24. The summed E-state index contributed by atoms with van der Waals surface area (Å²) in [6, 6.07) is 11.1. The zero-order chi connectivity index (χ0) is 17.5. The van der Waals surface area contributed by atoms with E-state index in [4.69, 9.17) is 5.73 Å². The summed E-state index contributed by atoms with van der Waals surface area (Å²) >= 11 is 1.86. The highest BCUT2D eigenvalue weighted by Crippen LogP contribution is 2.40. The first-order chi connectivity index (χ1) is 12.8. The SMILES string of the molecule is N[C@H]1CC[C@H](CCN2CCN(c3cccc4sccc34)C3CCC32)CC1. The average Bonchev–Trinajstić information content (AvgIpc) is 3.11. The molecule has 1 saturated heterocycles. The van der Waals surface area contributed by atoms with Crippen LogP contribution in [-0.4, -0.2) is 42.7 Å². The first kappa shape index (κ1) is 17.0. The number of thiophene rings is 1. The average molecular weight is 370 g/mol. The fourth-order valence-electron chi connectivity index (χ4n) is 5.45. The van der Waals surface area contributed by atoms with Gasteiger partial charge in [0, 0.05) is 47.0 Å². The van der Waals surface area contributed by atoms with E-state index in [0.717, 1.165) is 18.0 Å². The summed E-state index contributed by atoms with van der Waals surface area (Å²) in [5, 5.41) is 3.69. The van der Waals surface area contributed by atoms with E-state index in [-0.39, 0.29) is 0 Å². The van der Waals surface area contributed by atoms with Gasteiger partial charge in [0.1, 0.15) is 0 Å². The summed E-state index contributed by atoms with van der Waals surface area (Å²) in [7, 11) is 0. The number of rotatable bonds is 4. The maximum atomic E-state index is 6.07. The molecule has 2 aliphatic carbocycles. The smallest absolute Gasteiger partial charge is 0.0457 e. The number of fused-ring (bicyclic) bond motifs is 2. The van der Waals surface area contributed by atoms with Crippen LogP contribution in [0.4, 0.5) is 5.69 Å². The van der Waals surface area contributed by atoms with Crippen molar-refractivity contribution in [2.24, 2.45) is 11.7 Å². The molecule has 2 heterocycles. The van der Waals surface area contributed by atoms with E-state index in [9.17, 15) is 0 Å². The van der Waals surface area contributed by atoms with Crippen LogP contribution in [0.25, 0.3) is 10.1 Å². The Morgan fingerprint density at radius 3 is 2.62 bits per heavy atom. The highest BCUT2D eigenvalue weighted by Gasteiger charge is 2.43. The van der Waals surface area contributed by atoms with Crippen molar-refractivity contribution in [1.82, 2.24) is 4.90 Å². The van der Waals surface area contributed by atoms with Gasteiger partial charge in [0.15, 0.2) is 0 Å². The van der Waals surface area contributed by atoms with E-state index in [1.165, 1.54) is 80.4 Å². The van der Waals surface area contributed by atoms with Crippen molar-refractivity contribution in [3.8, 4) is 0 Å². The van der Waals surface area contributed by atoms with Crippen LogP contribution in [-0.2, 0) is 0 Å². The van der Waals surface area contributed by atoms with Crippen molar-refractivity contribution < 1.29 is 0 Å². The third-order valence-corrected chi connectivity index (χ3v) is 8.08. The summed E-state index contributed by atoms with van der Waals surface area (Å²) in [4.78, 5) is 5.53. The van der Waals surface area contributed by atoms with Crippen LogP contribution in [0.15, 0.2) is 29.6 Å². The number of hydrogen-bond donors (Lipinski definition) is 1. The van der Waals surface area contributed by atoms with Gasteiger partial charge in [-0.3, -0.25) is 4.90 Å². The van der Waals surface area contributed by atoms with Gasteiger partial charge in [-0.15, -0.1) is 11.3 Å². The Bertz CT molecular complexity index is 749. The molecule has 2 saturated carbocycles. The van der Waals surface area contributed by atoms with Gasteiger partial charge in [0.25, 0.3) is 0 Å². The van der Waals surface area contributed by atoms with E-state index < -0.39 is 0 Å².